The second kappa shape index (κ2) is 4.22. The minimum Gasteiger partial charge on any atom is -0.289 e. The largest absolute Gasteiger partial charge is 0.289 e. The molecule has 1 heterocycles. The average Bonchev–Trinajstić information content (AvgIpc) is 2.47. The zero-order chi connectivity index (χ0) is 8.93. The van der Waals surface area contributed by atoms with Crippen LogP contribution in [0.25, 0.3) is 0 Å². The van der Waals surface area contributed by atoms with E-state index in [1.54, 1.807) is 0 Å². The SMILES string of the molecule is c1ccc(C2=NCCCCC2)cc1. The molecule has 0 N–H and O–H groups in total. The van der Waals surface area contributed by atoms with Crippen molar-refractivity contribution in [3.63, 3.8) is 0 Å². The molecule has 0 amide bonds. The Morgan fingerprint density at radius 1 is 0.923 bits per heavy atom. The molecule has 2 rings (SSSR count). The minimum atomic E-state index is 1.02. The summed E-state index contributed by atoms with van der Waals surface area (Å²) in [5.41, 5.74) is 2.61. The van der Waals surface area contributed by atoms with Crippen molar-refractivity contribution in [3.8, 4) is 0 Å². The van der Waals surface area contributed by atoms with E-state index in [0.717, 1.165) is 13.0 Å². The molecule has 1 heteroatoms. The Hall–Kier alpha value is -1.11. The van der Waals surface area contributed by atoms with Crippen LogP contribution in [0.1, 0.15) is 31.2 Å². The molecule has 0 saturated heterocycles. The fourth-order valence-electron chi connectivity index (χ4n) is 1.74. The van der Waals surface area contributed by atoms with Crippen molar-refractivity contribution in [2.24, 2.45) is 4.99 Å². The highest BCUT2D eigenvalue weighted by Gasteiger charge is 2.05. The third kappa shape index (κ3) is 2.18. The van der Waals surface area contributed by atoms with E-state index in [2.05, 4.69) is 35.3 Å². The van der Waals surface area contributed by atoms with E-state index in [4.69, 9.17) is 0 Å². The molecule has 0 aromatic heterocycles. The van der Waals surface area contributed by atoms with Gasteiger partial charge in [0.05, 0.1) is 0 Å². The van der Waals surface area contributed by atoms with Crippen LogP contribution in [0.4, 0.5) is 0 Å². The maximum atomic E-state index is 4.61. The lowest BCUT2D eigenvalue weighted by Gasteiger charge is -2.02. The Labute approximate surface area is 79.5 Å². The first kappa shape index (κ1) is 8.49. The van der Waals surface area contributed by atoms with Crippen LogP contribution in [-0.4, -0.2) is 12.3 Å². The van der Waals surface area contributed by atoms with Gasteiger partial charge in [-0.3, -0.25) is 4.99 Å². The zero-order valence-corrected chi connectivity index (χ0v) is 7.87. The van der Waals surface area contributed by atoms with Gasteiger partial charge in [0, 0.05) is 12.3 Å². The predicted molar refractivity (Wildman–Crippen MR) is 56.3 cm³/mol. The molecule has 1 aromatic rings. The van der Waals surface area contributed by atoms with Crippen molar-refractivity contribution in [3.05, 3.63) is 35.9 Å². The van der Waals surface area contributed by atoms with Crippen LogP contribution in [0.15, 0.2) is 35.3 Å². The fourth-order valence-corrected chi connectivity index (χ4v) is 1.74. The maximum Gasteiger partial charge on any atom is 0.0420 e. The number of hydrogen-bond donors (Lipinski definition) is 0. The second-order valence-corrected chi connectivity index (χ2v) is 3.51. The molecule has 1 aliphatic heterocycles. The molecule has 0 atom stereocenters. The van der Waals surface area contributed by atoms with Gasteiger partial charge in [-0.05, 0) is 24.8 Å². The number of rotatable bonds is 1. The van der Waals surface area contributed by atoms with Crippen molar-refractivity contribution in [2.75, 3.05) is 6.54 Å². The summed E-state index contributed by atoms with van der Waals surface area (Å²) in [5.74, 6) is 0. The van der Waals surface area contributed by atoms with Crippen LogP contribution >= 0.6 is 0 Å². The quantitative estimate of drug-likeness (QED) is 0.619. The van der Waals surface area contributed by atoms with E-state index >= 15 is 0 Å². The summed E-state index contributed by atoms with van der Waals surface area (Å²) in [4.78, 5) is 4.61. The van der Waals surface area contributed by atoms with Crippen molar-refractivity contribution < 1.29 is 0 Å². The molecule has 1 aromatic carbocycles. The minimum absolute atomic E-state index is 1.02. The van der Waals surface area contributed by atoms with Crippen molar-refractivity contribution in [2.45, 2.75) is 25.7 Å². The first-order chi connectivity index (χ1) is 6.47. The molecular formula is C12H15N. The summed E-state index contributed by atoms with van der Waals surface area (Å²) in [7, 11) is 0. The first-order valence-corrected chi connectivity index (χ1v) is 5.05. The summed E-state index contributed by atoms with van der Waals surface area (Å²) in [6.45, 7) is 1.02. The lowest BCUT2D eigenvalue weighted by Crippen LogP contribution is -1.99. The van der Waals surface area contributed by atoms with E-state index in [9.17, 15) is 0 Å². The maximum absolute atomic E-state index is 4.61. The van der Waals surface area contributed by atoms with Crippen LogP contribution in [0.5, 0.6) is 0 Å². The van der Waals surface area contributed by atoms with Crippen LogP contribution in [-0.2, 0) is 0 Å². The zero-order valence-electron chi connectivity index (χ0n) is 7.87. The van der Waals surface area contributed by atoms with Gasteiger partial charge in [0.15, 0.2) is 0 Å². The van der Waals surface area contributed by atoms with E-state index in [1.807, 2.05) is 0 Å². The smallest absolute Gasteiger partial charge is 0.0420 e. The molecule has 0 fully saturated rings. The summed E-state index contributed by atoms with van der Waals surface area (Å²) in [6, 6.07) is 10.5. The van der Waals surface area contributed by atoms with E-state index in [1.165, 1.54) is 30.5 Å². The van der Waals surface area contributed by atoms with Gasteiger partial charge < -0.3 is 0 Å². The highest BCUT2D eigenvalue weighted by atomic mass is 14.7. The summed E-state index contributed by atoms with van der Waals surface area (Å²) >= 11 is 0. The van der Waals surface area contributed by atoms with E-state index in [-0.39, 0.29) is 0 Å². The first-order valence-electron chi connectivity index (χ1n) is 5.05. The van der Waals surface area contributed by atoms with Crippen LogP contribution in [0.3, 0.4) is 0 Å². The van der Waals surface area contributed by atoms with Gasteiger partial charge in [-0.25, -0.2) is 0 Å². The van der Waals surface area contributed by atoms with Crippen molar-refractivity contribution >= 4 is 5.71 Å². The Morgan fingerprint density at radius 2 is 1.77 bits per heavy atom. The highest BCUT2D eigenvalue weighted by molar-refractivity contribution is 6.00. The predicted octanol–water partition coefficient (Wildman–Crippen LogP) is 3.05. The number of benzene rings is 1. The number of hydrogen-bond acceptors (Lipinski definition) is 1. The van der Waals surface area contributed by atoms with Gasteiger partial charge in [0.2, 0.25) is 0 Å². The summed E-state index contributed by atoms with van der Waals surface area (Å²) in [5, 5.41) is 0. The Morgan fingerprint density at radius 3 is 2.62 bits per heavy atom. The van der Waals surface area contributed by atoms with Gasteiger partial charge in [-0.15, -0.1) is 0 Å². The lowest BCUT2D eigenvalue weighted by molar-refractivity contribution is 0.731. The Kier molecular flexibility index (Phi) is 2.75. The van der Waals surface area contributed by atoms with E-state index in [0.29, 0.717) is 0 Å². The second-order valence-electron chi connectivity index (χ2n) is 3.51. The normalized spacial score (nSPS) is 17.7. The summed E-state index contributed by atoms with van der Waals surface area (Å²) < 4.78 is 0. The van der Waals surface area contributed by atoms with Crippen LogP contribution < -0.4 is 0 Å². The third-order valence-electron chi connectivity index (χ3n) is 2.48. The molecule has 0 unspecified atom stereocenters. The standard InChI is InChI=1S/C12H15N/c1-3-7-11(8-4-1)12-9-5-2-6-10-13-12/h1,3-4,7-8H,2,5-6,9-10H2. The van der Waals surface area contributed by atoms with E-state index < -0.39 is 0 Å². The molecule has 68 valence electrons. The summed E-state index contributed by atoms with van der Waals surface area (Å²) in [6.07, 6.45) is 5.05. The van der Waals surface area contributed by atoms with Crippen molar-refractivity contribution in [1.82, 2.24) is 0 Å². The average molecular weight is 173 g/mol. The molecule has 0 radical (unpaired) electrons. The van der Waals surface area contributed by atoms with Gasteiger partial charge in [-0.1, -0.05) is 36.8 Å². The Balaban J connectivity index is 2.19. The van der Waals surface area contributed by atoms with Gasteiger partial charge in [0.25, 0.3) is 0 Å². The van der Waals surface area contributed by atoms with Gasteiger partial charge in [-0.2, -0.15) is 0 Å². The fraction of sp³-hybridized carbons (Fsp3) is 0.417. The lowest BCUT2D eigenvalue weighted by atomic mass is 10.1. The number of aliphatic imine (C=N–C) groups is 1. The molecule has 13 heavy (non-hydrogen) atoms. The van der Waals surface area contributed by atoms with Gasteiger partial charge in [0.1, 0.15) is 0 Å². The third-order valence-corrected chi connectivity index (χ3v) is 2.48. The molecule has 0 saturated carbocycles. The van der Waals surface area contributed by atoms with Crippen LogP contribution in [0, 0.1) is 0 Å². The molecule has 1 nitrogen and oxygen atoms in total. The number of nitrogens with zero attached hydrogens (tertiary/aromatic N) is 1. The topological polar surface area (TPSA) is 12.4 Å². The monoisotopic (exact) mass is 173 g/mol. The van der Waals surface area contributed by atoms with Crippen LogP contribution in [0.2, 0.25) is 0 Å². The molecular weight excluding hydrogens is 158 g/mol. The molecule has 0 bridgehead atoms. The molecule has 0 aliphatic carbocycles. The molecule has 0 spiro atoms. The highest BCUT2D eigenvalue weighted by Crippen LogP contribution is 2.13. The van der Waals surface area contributed by atoms with Crippen molar-refractivity contribution in [1.29, 1.82) is 0 Å². The van der Waals surface area contributed by atoms with Gasteiger partial charge >= 0.3 is 0 Å². The molecule has 1 aliphatic rings. The Bertz CT molecular complexity index is 287.